The van der Waals surface area contributed by atoms with Gasteiger partial charge in [0.1, 0.15) is 12.2 Å². The molecule has 1 rings (SSSR count). The summed E-state index contributed by atoms with van der Waals surface area (Å²) in [7, 11) is 0. The van der Waals surface area contributed by atoms with Gasteiger partial charge in [-0.25, -0.2) is 9.67 Å². The molecule has 1 heterocycles. The van der Waals surface area contributed by atoms with Gasteiger partial charge >= 0.3 is 0 Å². The summed E-state index contributed by atoms with van der Waals surface area (Å²) in [5.41, 5.74) is 2.93. The van der Waals surface area contributed by atoms with E-state index in [0.29, 0.717) is 12.1 Å². The quantitative estimate of drug-likeness (QED) is 0.372. The third-order valence-electron chi connectivity index (χ3n) is 3.71. The second-order valence-corrected chi connectivity index (χ2v) is 5.84. The number of nitrogens with one attached hydrogen (secondary N) is 1. The summed E-state index contributed by atoms with van der Waals surface area (Å²) in [5.74, 6) is 6.69. The van der Waals surface area contributed by atoms with Crippen LogP contribution in [0.25, 0.3) is 0 Å². The molecule has 1 unspecified atom stereocenters. The lowest BCUT2D eigenvalue weighted by atomic mass is 10.0. The van der Waals surface area contributed by atoms with Gasteiger partial charge in [-0.15, -0.1) is 0 Å². The van der Waals surface area contributed by atoms with Crippen LogP contribution in [-0.4, -0.2) is 20.8 Å². The molecule has 0 aliphatic rings. The normalized spacial score (nSPS) is 13.1. The number of hydrogen-bond acceptors (Lipinski definition) is 4. The molecule has 0 aromatic carbocycles. The summed E-state index contributed by atoms with van der Waals surface area (Å²) in [6.07, 6.45) is 11.5. The van der Waals surface area contributed by atoms with Crippen molar-refractivity contribution in [2.75, 3.05) is 0 Å². The van der Waals surface area contributed by atoms with Crippen LogP contribution < -0.4 is 11.3 Å². The van der Waals surface area contributed by atoms with E-state index >= 15 is 0 Å². The molecule has 0 fully saturated rings. The predicted octanol–water partition coefficient (Wildman–Crippen LogP) is 2.98. The number of hydrazine groups is 1. The van der Waals surface area contributed by atoms with Crippen molar-refractivity contribution in [3.63, 3.8) is 0 Å². The maximum absolute atomic E-state index is 5.67. The Morgan fingerprint density at radius 3 is 2.55 bits per heavy atom. The minimum Gasteiger partial charge on any atom is -0.271 e. The lowest BCUT2D eigenvalue weighted by Gasteiger charge is -2.17. The van der Waals surface area contributed by atoms with Gasteiger partial charge in [0.15, 0.2) is 0 Å². The lowest BCUT2D eigenvalue weighted by molar-refractivity contribution is 0.428. The third kappa shape index (κ3) is 6.01. The van der Waals surface area contributed by atoms with Crippen LogP contribution >= 0.6 is 0 Å². The van der Waals surface area contributed by atoms with Gasteiger partial charge in [0.2, 0.25) is 0 Å². The highest BCUT2D eigenvalue weighted by Gasteiger charge is 2.13. The summed E-state index contributed by atoms with van der Waals surface area (Å²) in [6.45, 7) is 6.49. The van der Waals surface area contributed by atoms with E-state index in [1.54, 1.807) is 6.33 Å². The smallest absolute Gasteiger partial charge is 0.138 e. The fraction of sp³-hybridized carbons (Fsp3) is 0.867. The highest BCUT2D eigenvalue weighted by Crippen LogP contribution is 2.12. The summed E-state index contributed by atoms with van der Waals surface area (Å²) in [4.78, 5) is 4.35. The summed E-state index contributed by atoms with van der Waals surface area (Å²) >= 11 is 0. The van der Waals surface area contributed by atoms with Crippen LogP contribution in [0.1, 0.15) is 77.6 Å². The van der Waals surface area contributed by atoms with E-state index in [0.717, 1.165) is 18.7 Å². The average molecular weight is 281 g/mol. The van der Waals surface area contributed by atoms with Crippen molar-refractivity contribution in [2.24, 2.45) is 5.84 Å². The van der Waals surface area contributed by atoms with Gasteiger partial charge in [0.25, 0.3) is 0 Å². The SMILES string of the molecule is CCCCCCCCC(Cc1ncnn1C(C)C)NN. The number of nitrogens with zero attached hydrogens (tertiary/aromatic N) is 3. The first-order valence-corrected chi connectivity index (χ1v) is 8.03. The maximum Gasteiger partial charge on any atom is 0.138 e. The molecular weight excluding hydrogens is 250 g/mol. The molecule has 1 atom stereocenters. The van der Waals surface area contributed by atoms with E-state index in [2.05, 4.69) is 36.3 Å². The molecule has 0 radical (unpaired) electrons. The molecule has 0 amide bonds. The lowest BCUT2D eigenvalue weighted by Crippen LogP contribution is -2.37. The Balaban J connectivity index is 2.30. The van der Waals surface area contributed by atoms with Gasteiger partial charge in [-0.3, -0.25) is 11.3 Å². The minimum absolute atomic E-state index is 0.294. The van der Waals surface area contributed by atoms with Crippen LogP contribution in [0.2, 0.25) is 0 Å². The average Bonchev–Trinajstić information content (AvgIpc) is 2.89. The van der Waals surface area contributed by atoms with Crippen LogP contribution in [0.5, 0.6) is 0 Å². The van der Waals surface area contributed by atoms with Crippen molar-refractivity contribution in [3.05, 3.63) is 12.2 Å². The fourth-order valence-electron chi connectivity index (χ4n) is 2.49. The molecule has 5 heteroatoms. The minimum atomic E-state index is 0.294. The van der Waals surface area contributed by atoms with Crippen molar-refractivity contribution >= 4 is 0 Å². The Kier molecular flexibility index (Phi) is 8.46. The van der Waals surface area contributed by atoms with Gasteiger partial charge in [-0.2, -0.15) is 5.10 Å². The molecular formula is C15H31N5. The zero-order valence-corrected chi connectivity index (χ0v) is 13.3. The van der Waals surface area contributed by atoms with Crippen LogP contribution in [0, 0.1) is 0 Å². The molecule has 0 saturated carbocycles. The van der Waals surface area contributed by atoms with Gasteiger partial charge in [-0.1, -0.05) is 45.4 Å². The van der Waals surface area contributed by atoms with E-state index in [4.69, 9.17) is 5.84 Å². The standard InChI is InChI=1S/C15H31N5/c1-4-5-6-7-8-9-10-14(19-16)11-15-17-12-18-20(15)13(2)3/h12-14,19H,4-11,16H2,1-3H3. The molecule has 3 N–H and O–H groups in total. The number of aromatic nitrogens is 3. The largest absolute Gasteiger partial charge is 0.271 e. The topological polar surface area (TPSA) is 68.8 Å². The van der Waals surface area contributed by atoms with Gasteiger partial charge in [0, 0.05) is 18.5 Å². The first kappa shape index (κ1) is 17.1. The molecule has 20 heavy (non-hydrogen) atoms. The van der Waals surface area contributed by atoms with E-state index in [1.807, 2.05) is 4.68 Å². The fourth-order valence-corrected chi connectivity index (χ4v) is 2.49. The molecule has 1 aromatic rings. The van der Waals surface area contributed by atoms with Crippen molar-refractivity contribution in [2.45, 2.75) is 84.2 Å². The first-order valence-electron chi connectivity index (χ1n) is 8.03. The zero-order valence-electron chi connectivity index (χ0n) is 13.3. The summed E-state index contributed by atoms with van der Waals surface area (Å²) in [6, 6.07) is 0.642. The molecule has 5 nitrogen and oxygen atoms in total. The Hall–Kier alpha value is -0.940. The van der Waals surface area contributed by atoms with E-state index < -0.39 is 0 Å². The summed E-state index contributed by atoms with van der Waals surface area (Å²) < 4.78 is 1.98. The molecule has 116 valence electrons. The van der Waals surface area contributed by atoms with Gasteiger partial charge in [-0.05, 0) is 20.3 Å². The van der Waals surface area contributed by atoms with Gasteiger partial charge < -0.3 is 0 Å². The van der Waals surface area contributed by atoms with Gasteiger partial charge in [0.05, 0.1) is 0 Å². The van der Waals surface area contributed by atoms with Crippen molar-refractivity contribution in [1.29, 1.82) is 0 Å². The maximum atomic E-state index is 5.67. The van der Waals surface area contributed by atoms with Crippen LogP contribution in [0.15, 0.2) is 6.33 Å². The Bertz CT molecular complexity index is 348. The third-order valence-corrected chi connectivity index (χ3v) is 3.71. The van der Waals surface area contributed by atoms with E-state index in [1.165, 1.54) is 38.5 Å². The first-order chi connectivity index (χ1) is 9.69. The van der Waals surface area contributed by atoms with E-state index in [9.17, 15) is 0 Å². The Morgan fingerprint density at radius 1 is 1.20 bits per heavy atom. The van der Waals surface area contributed by atoms with Crippen LogP contribution in [0.4, 0.5) is 0 Å². The molecule has 0 aliphatic carbocycles. The Morgan fingerprint density at radius 2 is 1.90 bits per heavy atom. The van der Waals surface area contributed by atoms with E-state index in [-0.39, 0.29) is 0 Å². The van der Waals surface area contributed by atoms with Crippen LogP contribution in [0.3, 0.4) is 0 Å². The number of rotatable bonds is 11. The Labute approximate surface area is 123 Å². The highest BCUT2D eigenvalue weighted by molar-refractivity contribution is 4.90. The van der Waals surface area contributed by atoms with Crippen LogP contribution in [-0.2, 0) is 6.42 Å². The van der Waals surface area contributed by atoms with Crippen molar-refractivity contribution < 1.29 is 0 Å². The molecule has 1 aromatic heterocycles. The monoisotopic (exact) mass is 281 g/mol. The zero-order chi connectivity index (χ0) is 14.8. The van der Waals surface area contributed by atoms with Crippen molar-refractivity contribution in [1.82, 2.24) is 20.2 Å². The highest BCUT2D eigenvalue weighted by atomic mass is 15.3. The second kappa shape index (κ2) is 9.88. The number of nitrogens with two attached hydrogens (primary N) is 1. The van der Waals surface area contributed by atoms with Crippen molar-refractivity contribution in [3.8, 4) is 0 Å². The second-order valence-electron chi connectivity index (χ2n) is 5.84. The number of hydrogen-bond donors (Lipinski definition) is 2. The molecule has 0 saturated heterocycles. The number of unbranched alkanes of at least 4 members (excludes halogenated alkanes) is 5. The molecule has 0 bridgehead atoms. The molecule has 0 aliphatic heterocycles. The summed E-state index contributed by atoms with van der Waals surface area (Å²) in [5, 5.41) is 4.27. The molecule has 0 spiro atoms. The predicted molar refractivity (Wildman–Crippen MR) is 83.2 cm³/mol.